The number of carbonyl (C=O) groups excluding carboxylic acids is 1. The monoisotopic (exact) mass is 293 g/mol. The minimum atomic E-state index is -0.820. The molecule has 0 spiro atoms. The highest BCUT2D eigenvalue weighted by molar-refractivity contribution is 5.87. The first-order chi connectivity index (χ1) is 9.81. The lowest BCUT2D eigenvalue weighted by Gasteiger charge is -2.33. The van der Waals surface area contributed by atoms with E-state index in [2.05, 4.69) is 33.8 Å². The van der Waals surface area contributed by atoms with Crippen LogP contribution in [0.4, 0.5) is 0 Å². The number of amides is 1. The third kappa shape index (κ3) is 3.30. The summed E-state index contributed by atoms with van der Waals surface area (Å²) in [4.78, 5) is 26.4. The number of nitrogens with zero attached hydrogens (tertiary/aromatic N) is 1. The molecule has 2 aliphatic carbocycles. The molecular weight excluding hydrogens is 266 g/mol. The van der Waals surface area contributed by atoms with Gasteiger partial charge in [0.2, 0.25) is 5.91 Å². The van der Waals surface area contributed by atoms with Gasteiger partial charge < -0.3 is 10.0 Å². The highest BCUT2D eigenvalue weighted by Crippen LogP contribution is 2.48. The molecule has 4 heteroatoms. The van der Waals surface area contributed by atoms with Crippen molar-refractivity contribution in [1.82, 2.24) is 4.90 Å². The Labute approximate surface area is 127 Å². The fourth-order valence-corrected chi connectivity index (χ4v) is 3.84. The maximum atomic E-state index is 12.9. The number of rotatable bonds is 6. The summed E-state index contributed by atoms with van der Waals surface area (Å²) in [5.41, 5.74) is 0. The van der Waals surface area contributed by atoms with E-state index in [1.165, 1.54) is 0 Å². The number of carbonyl (C=O) groups is 2. The molecule has 0 aromatic carbocycles. The van der Waals surface area contributed by atoms with Crippen molar-refractivity contribution in [2.45, 2.75) is 34.1 Å². The van der Waals surface area contributed by atoms with Crippen LogP contribution in [0.3, 0.4) is 0 Å². The van der Waals surface area contributed by atoms with Crippen LogP contribution in [0.25, 0.3) is 0 Å². The third-order valence-electron chi connectivity index (χ3n) is 4.51. The first-order valence-electron chi connectivity index (χ1n) is 8.01. The Kier molecular flexibility index (Phi) is 4.74. The van der Waals surface area contributed by atoms with Gasteiger partial charge >= 0.3 is 5.97 Å². The largest absolute Gasteiger partial charge is 0.481 e. The minimum Gasteiger partial charge on any atom is -0.481 e. The Morgan fingerprint density at radius 3 is 1.95 bits per heavy atom. The van der Waals surface area contributed by atoms with Crippen LogP contribution >= 0.6 is 0 Å². The summed E-state index contributed by atoms with van der Waals surface area (Å²) in [5.74, 6) is -0.729. The number of aliphatic carboxylic acids is 1. The van der Waals surface area contributed by atoms with E-state index in [1.54, 1.807) is 0 Å². The molecule has 1 saturated carbocycles. The summed E-state index contributed by atoms with van der Waals surface area (Å²) in [5, 5.41) is 9.50. The van der Waals surface area contributed by atoms with Crippen LogP contribution in [0.15, 0.2) is 12.2 Å². The van der Waals surface area contributed by atoms with Crippen LogP contribution in [-0.2, 0) is 9.59 Å². The number of carboxylic acids is 1. The molecule has 0 saturated heterocycles. The van der Waals surface area contributed by atoms with Crippen molar-refractivity contribution >= 4 is 11.9 Å². The molecule has 0 aliphatic heterocycles. The number of carboxylic acid groups (broad SMARTS) is 1. The van der Waals surface area contributed by atoms with Crippen LogP contribution in [0.2, 0.25) is 0 Å². The Morgan fingerprint density at radius 1 is 1.05 bits per heavy atom. The van der Waals surface area contributed by atoms with Gasteiger partial charge in [-0.15, -0.1) is 0 Å². The molecule has 118 valence electrons. The summed E-state index contributed by atoms with van der Waals surface area (Å²) in [7, 11) is 0. The van der Waals surface area contributed by atoms with Crippen molar-refractivity contribution in [2.75, 3.05) is 13.1 Å². The molecule has 1 N–H and O–H groups in total. The predicted molar refractivity (Wildman–Crippen MR) is 81.6 cm³/mol. The Morgan fingerprint density at radius 2 is 1.52 bits per heavy atom. The molecule has 4 atom stereocenters. The van der Waals surface area contributed by atoms with Gasteiger partial charge in [-0.2, -0.15) is 0 Å². The average Bonchev–Trinajstić information content (AvgIpc) is 2.95. The number of allylic oxidation sites excluding steroid dienone is 2. The molecule has 0 heterocycles. The van der Waals surface area contributed by atoms with E-state index >= 15 is 0 Å². The molecule has 0 aromatic rings. The van der Waals surface area contributed by atoms with Gasteiger partial charge in [0.25, 0.3) is 0 Å². The molecule has 2 bridgehead atoms. The SMILES string of the molecule is CC(C)CN(CC(C)C)C(=O)[C@H]1C2C=CC(C2)[C@H]1C(=O)O. The van der Waals surface area contributed by atoms with Crippen LogP contribution in [-0.4, -0.2) is 35.0 Å². The van der Waals surface area contributed by atoms with Gasteiger partial charge in [-0.05, 0) is 30.1 Å². The molecule has 2 unspecified atom stereocenters. The van der Waals surface area contributed by atoms with Gasteiger partial charge in [0.05, 0.1) is 11.8 Å². The fraction of sp³-hybridized carbons (Fsp3) is 0.765. The maximum absolute atomic E-state index is 12.9. The summed E-state index contributed by atoms with van der Waals surface area (Å²) >= 11 is 0. The van der Waals surface area contributed by atoms with Crippen molar-refractivity contribution in [3.05, 3.63) is 12.2 Å². The van der Waals surface area contributed by atoms with Crippen molar-refractivity contribution in [3.63, 3.8) is 0 Å². The molecule has 2 rings (SSSR count). The molecule has 0 aromatic heterocycles. The highest BCUT2D eigenvalue weighted by atomic mass is 16.4. The lowest BCUT2D eigenvalue weighted by atomic mass is 9.82. The van der Waals surface area contributed by atoms with Gasteiger partial charge in [-0.25, -0.2) is 0 Å². The van der Waals surface area contributed by atoms with Crippen LogP contribution in [0, 0.1) is 35.5 Å². The van der Waals surface area contributed by atoms with Gasteiger partial charge in [-0.1, -0.05) is 39.8 Å². The third-order valence-corrected chi connectivity index (χ3v) is 4.51. The van der Waals surface area contributed by atoms with Crippen LogP contribution in [0.1, 0.15) is 34.1 Å². The Balaban J connectivity index is 2.19. The van der Waals surface area contributed by atoms with Crippen LogP contribution in [0.5, 0.6) is 0 Å². The topological polar surface area (TPSA) is 57.6 Å². The Bertz CT molecular complexity index is 431. The van der Waals surface area contributed by atoms with E-state index in [0.29, 0.717) is 24.9 Å². The summed E-state index contributed by atoms with van der Waals surface area (Å²) in [6.45, 7) is 9.79. The zero-order valence-corrected chi connectivity index (χ0v) is 13.5. The molecule has 2 aliphatic rings. The maximum Gasteiger partial charge on any atom is 0.307 e. The quantitative estimate of drug-likeness (QED) is 0.766. The van der Waals surface area contributed by atoms with Crippen molar-refractivity contribution < 1.29 is 14.7 Å². The van der Waals surface area contributed by atoms with Crippen LogP contribution < -0.4 is 0 Å². The first kappa shape index (κ1) is 16.1. The lowest BCUT2D eigenvalue weighted by molar-refractivity contribution is -0.151. The predicted octanol–water partition coefficient (Wildman–Crippen LogP) is 2.65. The first-order valence-corrected chi connectivity index (χ1v) is 8.01. The summed E-state index contributed by atoms with van der Waals surface area (Å²) in [6, 6.07) is 0. The van der Waals surface area contributed by atoms with Gasteiger partial charge in [0, 0.05) is 13.1 Å². The molecule has 1 fully saturated rings. The van der Waals surface area contributed by atoms with Gasteiger partial charge in [0.1, 0.15) is 0 Å². The standard InChI is InChI=1S/C17H27NO3/c1-10(2)8-18(9-11(3)4)16(19)14-12-5-6-13(7-12)15(14)17(20)21/h5-6,10-15H,7-9H2,1-4H3,(H,20,21)/t12?,13?,14-,15+/m0/s1. The summed E-state index contributed by atoms with van der Waals surface area (Å²) in [6.07, 6.45) is 4.86. The van der Waals surface area contributed by atoms with Gasteiger partial charge in [0.15, 0.2) is 0 Å². The Hall–Kier alpha value is -1.32. The molecule has 0 radical (unpaired) electrons. The minimum absolute atomic E-state index is 0.0430. The molecule has 1 amide bonds. The second-order valence-electron chi connectivity index (χ2n) is 7.37. The number of hydrogen-bond donors (Lipinski definition) is 1. The fourth-order valence-electron chi connectivity index (χ4n) is 3.84. The number of hydrogen-bond acceptors (Lipinski definition) is 2. The lowest BCUT2D eigenvalue weighted by Crippen LogP contribution is -2.45. The average molecular weight is 293 g/mol. The smallest absolute Gasteiger partial charge is 0.307 e. The van der Waals surface area contributed by atoms with E-state index in [0.717, 1.165) is 6.42 Å². The number of fused-ring (bicyclic) bond motifs is 2. The molecule has 21 heavy (non-hydrogen) atoms. The van der Waals surface area contributed by atoms with E-state index in [4.69, 9.17) is 0 Å². The zero-order valence-electron chi connectivity index (χ0n) is 13.5. The second kappa shape index (κ2) is 6.20. The van der Waals surface area contributed by atoms with E-state index in [1.807, 2.05) is 11.0 Å². The van der Waals surface area contributed by atoms with E-state index in [-0.39, 0.29) is 23.7 Å². The summed E-state index contributed by atoms with van der Waals surface area (Å²) < 4.78 is 0. The van der Waals surface area contributed by atoms with Gasteiger partial charge in [-0.3, -0.25) is 9.59 Å². The van der Waals surface area contributed by atoms with Crippen molar-refractivity contribution in [2.24, 2.45) is 35.5 Å². The zero-order chi connectivity index (χ0) is 15.7. The van der Waals surface area contributed by atoms with Crippen molar-refractivity contribution in [1.29, 1.82) is 0 Å². The molecular formula is C17H27NO3. The van der Waals surface area contributed by atoms with Crippen molar-refractivity contribution in [3.8, 4) is 0 Å². The van der Waals surface area contributed by atoms with E-state index in [9.17, 15) is 14.7 Å². The second-order valence-corrected chi connectivity index (χ2v) is 7.37. The molecule has 4 nitrogen and oxygen atoms in total. The normalized spacial score (nSPS) is 30.4. The highest BCUT2D eigenvalue weighted by Gasteiger charge is 2.52. The van der Waals surface area contributed by atoms with E-state index < -0.39 is 11.9 Å².